The number of rotatable bonds is 1. The summed E-state index contributed by atoms with van der Waals surface area (Å²) in [6.07, 6.45) is 0. The first kappa shape index (κ1) is 12.1. The van der Waals surface area contributed by atoms with E-state index in [1.807, 2.05) is 0 Å². The van der Waals surface area contributed by atoms with E-state index in [-0.39, 0.29) is 11.5 Å². The number of aromatic nitrogens is 2. The third-order valence-electron chi connectivity index (χ3n) is 2.74. The predicted molar refractivity (Wildman–Crippen MR) is 74.9 cm³/mol. The summed E-state index contributed by atoms with van der Waals surface area (Å²) in [5, 5.41) is 20.0. The summed E-state index contributed by atoms with van der Waals surface area (Å²) in [6, 6.07) is 7.59. The molecule has 0 fully saturated rings. The number of hydrogen-bond donors (Lipinski definition) is 3. The molecule has 0 atom stereocenters. The van der Waals surface area contributed by atoms with Crippen molar-refractivity contribution in [1.82, 2.24) is 9.97 Å². The average Bonchev–Trinajstić information content (AvgIpc) is 2.72. The molecule has 19 heavy (non-hydrogen) atoms. The van der Waals surface area contributed by atoms with Gasteiger partial charge in [-0.1, -0.05) is 23.2 Å². The van der Waals surface area contributed by atoms with Gasteiger partial charge < -0.3 is 15.2 Å². The summed E-state index contributed by atoms with van der Waals surface area (Å²) >= 11 is 12.0. The molecule has 2 aromatic carbocycles. The van der Waals surface area contributed by atoms with Crippen molar-refractivity contribution in [3.8, 4) is 22.9 Å². The maximum Gasteiger partial charge on any atom is 0.142 e. The first-order chi connectivity index (χ1) is 9.04. The van der Waals surface area contributed by atoms with Crippen LogP contribution in [-0.4, -0.2) is 20.2 Å². The SMILES string of the molecule is Oc1ccc(-c2nc3c(Cl)cc(Cl)cc3[nH]2)c(O)c1. The van der Waals surface area contributed by atoms with Crippen LogP contribution in [0.25, 0.3) is 22.4 Å². The Labute approximate surface area is 118 Å². The number of nitrogens with zero attached hydrogens (tertiary/aromatic N) is 1. The number of halogens is 2. The second kappa shape index (κ2) is 4.33. The van der Waals surface area contributed by atoms with Gasteiger partial charge in [0.25, 0.3) is 0 Å². The van der Waals surface area contributed by atoms with Gasteiger partial charge in [-0.2, -0.15) is 0 Å². The zero-order valence-electron chi connectivity index (χ0n) is 9.48. The minimum atomic E-state index is -0.0683. The van der Waals surface area contributed by atoms with E-state index in [9.17, 15) is 10.2 Å². The van der Waals surface area contributed by atoms with Gasteiger partial charge >= 0.3 is 0 Å². The molecule has 0 amide bonds. The third kappa shape index (κ3) is 2.09. The van der Waals surface area contributed by atoms with Crippen molar-refractivity contribution >= 4 is 34.2 Å². The van der Waals surface area contributed by atoms with E-state index in [0.29, 0.717) is 32.5 Å². The summed E-state index contributed by atoms with van der Waals surface area (Å²) in [6.45, 7) is 0. The Morgan fingerprint density at radius 2 is 1.84 bits per heavy atom. The van der Waals surface area contributed by atoms with Gasteiger partial charge in [-0.25, -0.2) is 4.98 Å². The standard InChI is InChI=1S/C13H8Cl2N2O2/c14-6-3-9(15)12-10(4-6)16-13(17-12)8-2-1-7(18)5-11(8)19/h1-5,18-19H,(H,16,17). The second-order valence-corrected chi connectivity index (χ2v) is 4.91. The number of imidazole rings is 1. The molecule has 0 spiro atoms. The zero-order chi connectivity index (χ0) is 13.6. The highest BCUT2D eigenvalue weighted by Gasteiger charge is 2.12. The van der Waals surface area contributed by atoms with Crippen molar-refractivity contribution in [1.29, 1.82) is 0 Å². The van der Waals surface area contributed by atoms with Gasteiger partial charge in [-0.15, -0.1) is 0 Å². The molecule has 3 N–H and O–H groups in total. The highest BCUT2D eigenvalue weighted by molar-refractivity contribution is 6.38. The van der Waals surface area contributed by atoms with Crippen LogP contribution in [0, 0.1) is 0 Å². The van der Waals surface area contributed by atoms with E-state index in [0.717, 1.165) is 0 Å². The molecule has 96 valence electrons. The fourth-order valence-corrected chi connectivity index (χ4v) is 2.43. The molecule has 0 aliphatic rings. The maximum atomic E-state index is 9.81. The minimum Gasteiger partial charge on any atom is -0.508 e. The van der Waals surface area contributed by atoms with Crippen molar-refractivity contribution in [3.63, 3.8) is 0 Å². The van der Waals surface area contributed by atoms with E-state index in [4.69, 9.17) is 23.2 Å². The normalized spacial score (nSPS) is 11.1. The monoisotopic (exact) mass is 294 g/mol. The first-order valence-corrected chi connectivity index (χ1v) is 6.17. The Morgan fingerprint density at radius 1 is 1.05 bits per heavy atom. The van der Waals surface area contributed by atoms with Crippen molar-refractivity contribution in [2.24, 2.45) is 0 Å². The van der Waals surface area contributed by atoms with Crippen LogP contribution in [0.1, 0.15) is 0 Å². The number of aromatic amines is 1. The van der Waals surface area contributed by atoms with Crippen LogP contribution < -0.4 is 0 Å². The fraction of sp³-hybridized carbons (Fsp3) is 0. The van der Waals surface area contributed by atoms with Crippen molar-refractivity contribution < 1.29 is 10.2 Å². The van der Waals surface area contributed by atoms with Crippen molar-refractivity contribution in [2.75, 3.05) is 0 Å². The molecule has 0 aliphatic carbocycles. The molecular formula is C13H8Cl2N2O2. The number of benzene rings is 2. The number of aromatic hydroxyl groups is 2. The van der Waals surface area contributed by atoms with Crippen molar-refractivity contribution in [2.45, 2.75) is 0 Å². The molecule has 0 unspecified atom stereocenters. The largest absolute Gasteiger partial charge is 0.508 e. The molecule has 3 rings (SSSR count). The number of phenols is 2. The number of phenolic OH excluding ortho intramolecular Hbond substituents is 2. The molecule has 0 radical (unpaired) electrons. The van der Waals surface area contributed by atoms with E-state index in [2.05, 4.69) is 9.97 Å². The van der Waals surface area contributed by atoms with Crippen LogP contribution in [0.4, 0.5) is 0 Å². The Morgan fingerprint density at radius 3 is 2.58 bits per heavy atom. The zero-order valence-corrected chi connectivity index (χ0v) is 11.0. The Bertz CT molecular complexity index is 784. The van der Waals surface area contributed by atoms with Gasteiger partial charge in [0, 0.05) is 11.1 Å². The number of H-pyrrole nitrogens is 1. The number of fused-ring (bicyclic) bond motifs is 1. The van der Waals surface area contributed by atoms with Gasteiger partial charge in [-0.05, 0) is 24.3 Å². The van der Waals surface area contributed by atoms with Crippen LogP contribution in [0.2, 0.25) is 10.0 Å². The highest BCUT2D eigenvalue weighted by Crippen LogP contribution is 2.33. The van der Waals surface area contributed by atoms with Crippen LogP contribution in [0.3, 0.4) is 0 Å². The van der Waals surface area contributed by atoms with E-state index in [1.165, 1.54) is 12.1 Å². The predicted octanol–water partition coefficient (Wildman–Crippen LogP) is 3.95. The van der Waals surface area contributed by atoms with Gasteiger partial charge in [0.15, 0.2) is 0 Å². The second-order valence-electron chi connectivity index (χ2n) is 4.07. The number of hydrogen-bond acceptors (Lipinski definition) is 3. The summed E-state index contributed by atoms with van der Waals surface area (Å²) < 4.78 is 0. The van der Waals surface area contributed by atoms with Gasteiger partial charge in [-0.3, -0.25) is 0 Å². The lowest BCUT2D eigenvalue weighted by molar-refractivity contribution is 0.451. The molecule has 6 heteroatoms. The lowest BCUT2D eigenvalue weighted by Gasteiger charge is -2.01. The highest BCUT2D eigenvalue weighted by atomic mass is 35.5. The summed E-state index contributed by atoms with van der Waals surface area (Å²) in [4.78, 5) is 7.36. The van der Waals surface area contributed by atoms with E-state index < -0.39 is 0 Å². The Balaban J connectivity index is 2.23. The smallest absolute Gasteiger partial charge is 0.142 e. The maximum absolute atomic E-state index is 9.81. The lowest BCUT2D eigenvalue weighted by Crippen LogP contribution is -1.81. The van der Waals surface area contributed by atoms with E-state index in [1.54, 1.807) is 18.2 Å². The van der Waals surface area contributed by atoms with Crippen LogP contribution in [-0.2, 0) is 0 Å². The molecule has 4 nitrogen and oxygen atoms in total. The molecule has 1 heterocycles. The molecule has 0 aliphatic heterocycles. The molecular weight excluding hydrogens is 287 g/mol. The fourth-order valence-electron chi connectivity index (χ4n) is 1.89. The first-order valence-electron chi connectivity index (χ1n) is 5.42. The van der Waals surface area contributed by atoms with Crippen molar-refractivity contribution in [3.05, 3.63) is 40.4 Å². The number of nitrogens with one attached hydrogen (secondary N) is 1. The third-order valence-corrected chi connectivity index (χ3v) is 3.25. The van der Waals surface area contributed by atoms with E-state index >= 15 is 0 Å². The quantitative estimate of drug-likeness (QED) is 0.636. The summed E-state index contributed by atoms with van der Waals surface area (Å²) in [7, 11) is 0. The van der Waals surface area contributed by atoms with Crippen LogP contribution in [0.5, 0.6) is 11.5 Å². The lowest BCUT2D eigenvalue weighted by atomic mass is 10.2. The van der Waals surface area contributed by atoms with Gasteiger partial charge in [0.1, 0.15) is 22.8 Å². The van der Waals surface area contributed by atoms with Gasteiger partial charge in [0.2, 0.25) is 0 Å². The topological polar surface area (TPSA) is 69.1 Å². The van der Waals surface area contributed by atoms with Crippen LogP contribution in [0.15, 0.2) is 30.3 Å². The Hall–Kier alpha value is -1.91. The average molecular weight is 295 g/mol. The van der Waals surface area contributed by atoms with Gasteiger partial charge in [0.05, 0.1) is 16.1 Å². The Kier molecular flexibility index (Phi) is 2.77. The minimum absolute atomic E-state index is 0.0153. The molecule has 3 aromatic rings. The summed E-state index contributed by atoms with van der Waals surface area (Å²) in [5.41, 5.74) is 1.73. The molecule has 1 aromatic heterocycles. The molecule has 0 saturated carbocycles. The molecule has 0 saturated heterocycles. The van der Waals surface area contributed by atoms with Crippen LogP contribution >= 0.6 is 23.2 Å². The summed E-state index contributed by atoms with van der Waals surface area (Å²) in [5.74, 6) is 0.372. The molecule has 0 bridgehead atoms.